The number of aromatic nitrogens is 1. The van der Waals surface area contributed by atoms with Gasteiger partial charge >= 0.3 is 0 Å². The maximum atomic E-state index is 13.3. The van der Waals surface area contributed by atoms with Crippen molar-refractivity contribution in [3.05, 3.63) is 40.2 Å². The SMILES string of the molecule is CC1CCC(N)(c2nc(-c3ccc(F)c(F)c3)cs2)CC1. The van der Waals surface area contributed by atoms with E-state index in [0.717, 1.165) is 36.8 Å². The van der Waals surface area contributed by atoms with Crippen molar-refractivity contribution in [2.45, 2.75) is 38.1 Å². The molecule has 0 bridgehead atoms. The number of halogens is 2. The molecule has 1 heterocycles. The van der Waals surface area contributed by atoms with Gasteiger partial charge in [0.2, 0.25) is 0 Å². The van der Waals surface area contributed by atoms with Gasteiger partial charge < -0.3 is 5.73 Å². The Bertz CT molecular complexity index is 645. The molecule has 1 aromatic heterocycles. The number of benzene rings is 1. The summed E-state index contributed by atoms with van der Waals surface area (Å²) in [6, 6.07) is 3.86. The molecule has 1 aromatic carbocycles. The number of hydrogen-bond donors (Lipinski definition) is 1. The molecule has 2 N–H and O–H groups in total. The average Bonchev–Trinajstić information content (AvgIpc) is 2.96. The van der Waals surface area contributed by atoms with Crippen molar-refractivity contribution >= 4 is 11.3 Å². The summed E-state index contributed by atoms with van der Waals surface area (Å²) >= 11 is 1.51. The van der Waals surface area contributed by atoms with Gasteiger partial charge in [0, 0.05) is 10.9 Å². The molecule has 2 aromatic rings. The van der Waals surface area contributed by atoms with Crippen molar-refractivity contribution in [3.8, 4) is 11.3 Å². The lowest BCUT2D eigenvalue weighted by molar-refractivity contribution is 0.247. The number of hydrogen-bond acceptors (Lipinski definition) is 3. The molecular formula is C16H18F2N2S. The molecule has 3 rings (SSSR count). The molecule has 0 saturated heterocycles. The van der Waals surface area contributed by atoms with Crippen LogP contribution in [0.4, 0.5) is 8.78 Å². The Hall–Kier alpha value is -1.33. The zero-order chi connectivity index (χ0) is 15.0. The summed E-state index contributed by atoms with van der Waals surface area (Å²) in [6.45, 7) is 2.24. The van der Waals surface area contributed by atoms with E-state index in [1.807, 2.05) is 5.38 Å². The summed E-state index contributed by atoms with van der Waals surface area (Å²) in [7, 11) is 0. The fourth-order valence-corrected chi connectivity index (χ4v) is 3.78. The molecule has 0 spiro atoms. The van der Waals surface area contributed by atoms with E-state index >= 15 is 0 Å². The van der Waals surface area contributed by atoms with Crippen molar-refractivity contribution in [2.75, 3.05) is 0 Å². The van der Waals surface area contributed by atoms with Gasteiger partial charge in [0.05, 0.1) is 11.2 Å². The number of rotatable bonds is 2. The highest BCUT2D eigenvalue weighted by Crippen LogP contribution is 2.39. The van der Waals surface area contributed by atoms with Crippen LogP contribution in [0.1, 0.15) is 37.6 Å². The largest absolute Gasteiger partial charge is 0.319 e. The Morgan fingerprint density at radius 2 is 1.95 bits per heavy atom. The van der Waals surface area contributed by atoms with Gasteiger partial charge in [0.25, 0.3) is 0 Å². The third-order valence-electron chi connectivity index (χ3n) is 4.31. The van der Waals surface area contributed by atoms with Gasteiger partial charge in [-0.1, -0.05) is 6.92 Å². The molecule has 0 atom stereocenters. The van der Waals surface area contributed by atoms with Crippen molar-refractivity contribution in [2.24, 2.45) is 11.7 Å². The van der Waals surface area contributed by atoms with Crippen LogP contribution in [0.15, 0.2) is 23.6 Å². The van der Waals surface area contributed by atoms with Crippen LogP contribution in [0.5, 0.6) is 0 Å². The van der Waals surface area contributed by atoms with Crippen molar-refractivity contribution in [1.29, 1.82) is 0 Å². The predicted molar refractivity (Wildman–Crippen MR) is 81.0 cm³/mol. The number of nitrogens with zero attached hydrogens (tertiary/aromatic N) is 1. The standard InChI is InChI=1S/C16H18F2N2S/c1-10-4-6-16(19,7-5-10)15-20-14(9-21-15)11-2-3-12(17)13(18)8-11/h2-3,8-10H,4-7,19H2,1H3. The van der Waals surface area contributed by atoms with E-state index in [1.165, 1.54) is 17.4 Å². The molecule has 1 aliphatic rings. The topological polar surface area (TPSA) is 38.9 Å². The fraction of sp³-hybridized carbons (Fsp3) is 0.438. The first-order valence-corrected chi connectivity index (χ1v) is 8.06. The normalized spacial score (nSPS) is 26.0. The van der Waals surface area contributed by atoms with Crippen LogP contribution in [0.3, 0.4) is 0 Å². The summed E-state index contributed by atoms with van der Waals surface area (Å²) < 4.78 is 26.3. The highest BCUT2D eigenvalue weighted by atomic mass is 32.1. The second-order valence-corrected chi connectivity index (χ2v) is 6.86. The predicted octanol–water partition coefficient (Wildman–Crippen LogP) is 4.45. The summed E-state index contributed by atoms with van der Waals surface area (Å²) in [5, 5.41) is 2.77. The van der Waals surface area contributed by atoms with Crippen LogP contribution in [-0.2, 0) is 5.54 Å². The lowest BCUT2D eigenvalue weighted by atomic mass is 9.78. The first-order valence-electron chi connectivity index (χ1n) is 7.18. The Balaban J connectivity index is 1.87. The molecule has 1 aliphatic carbocycles. The lowest BCUT2D eigenvalue weighted by Gasteiger charge is -2.34. The van der Waals surface area contributed by atoms with E-state index in [2.05, 4.69) is 11.9 Å². The van der Waals surface area contributed by atoms with Gasteiger partial charge in [-0.3, -0.25) is 0 Å². The Morgan fingerprint density at radius 1 is 1.24 bits per heavy atom. The molecule has 1 fully saturated rings. The van der Waals surface area contributed by atoms with Crippen molar-refractivity contribution in [1.82, 2.24) is 4.98 Å². The van der Waals surface area contributed by atoms with Crippen LogP contribution >= 0.6 is 11.3 Å². The van der Waals surface area contributed by atoms with E-state index in [1.54, 1.807) is 6.07 Å². The molecule has 2 nitrogen and oxygen atoms in total. The summed E-state index contributed by atoms with van der Waals surface area (Å²) in [5.41, 5.74) is 7.39. The first-order chi connectivity index (χ1) is 9.98. The minimum absolute atomic E-state index is 0.367. The van der Waals surface area contributed by atoms with Gasteiger partial charge in [-0.05, 0) is 49.8 Å². The molecule has 112 valence electrons. The van der Waals surface area contributed by atoms with Gasteiger partial charge in [-0.2, -0.15) is 0 Å². The van der Waals surface area contributed by atoms with Crippen molar-refractivity contribution < 1.29 is 8.78 Å². The molecule has 1 saturated carbocycles. The molecule has 0 aliphatic heterocycles. The highest BCUT2D eigenvalue weighted by molar-refractivity contribution is 7.10. The smallest absolute Gasteiger partial charge is 0.159 e. The number of thiazole rings is 1. The first kappa shape index (κ1) is 14.6. The molecule has 0 unspecified atom stereocenters. The van der Waals surface area contributed by atoms with Gasteiger partial charge in [-0.25, -0.2) is 13.8 Å². The monoisotopic (exact) mass is 308 g/mol. The van der Waals surface area contributed by atoms with Crippen LogP contribution in [0, 0.1) is 17.6 Å². The van der Waals surface area contributed by atoms with Gasteiger partial charge in [0.15, 0.2) is 11.6 Å². The maximum Gasteiger partial charge on any atom is 0.159 e. The van der Waals surface area contributed by atoms with Crippen LogP contribution in [0.25, 0.3) is 11.3 Å². The van der Waals surface area contributed by atoms with E-state index in [9.17, 15) is 8.78 Å². The maximum absolute atomic E-state index is 13.3. The van der Waals surface area contributed by atoms with Crippen LogP contribution in [-0.4, -0.2) is 4.98 Å². The summed E-state index contributed by atoms with van der Waals surface area (Å²) in [6.07, 6.45) is 4.07. The van der Waals surface area contributed by atoms with Gasteiger partial charge in [0.1, 0.15) is 5.01 Å². The van der Waals surface area contributed by atoms with Crippen LogP contribution in [0.2, 0.25) is 0 Å². The molecule has 21 heavy (non-hydrogen) atoms. The summed E-state index contributed by atoms with van der Waals surface area (Å²) in [5.74, 6) is -0.978. The zero-order valence-electron chi connectivity index (χ0n) is 11.9. The van der Waals surface area contributed by atoms with Gasteiger partial charge in [-0.15, -0.1) is 11.3 Å². The van der Waals surface area contributed by atoms with E-state index in [0.29, 0.717) is 17.2 Å². The van der Waals surface area contributed by atoms with E-state index < -0.39 is 11.6 Å². The average molecular weight is 308 g/mol. The third kappa shape index (κ3) is 2.85. The zero-order valence-corrected chi connectivity index (χ0v) is 12.7. The quantitative estimate of drug-likeness (QED) is 0.890. The second kappa shape index (κ2) is 5.46. The second-order valence-electron chi connectivity index (χ2n) is 6.01. The number of nitrogens with two attached hydrogens (primary N) is 1. The lowest BCUT2D eigenvalue weighted by Crippen LogP contribution is -2.40. The third-order valence-corrected chi connectivity index (χ3v) is 5.37. The minimum atomic E-state index is -0.851. The Morgan fingerprint density at radius 3 is 2.62 bits per heavy atom. The summed E-state index contributed by atoms with van der Waals surface area (Å²) in [4.78, 5) is 4.58. The molecular weight excluding hydrogens is 290 g/mol. The Kier molecular flexibility index (Phi) is 3.80. The minimum Gasteiger partial charge on any atom is -0.319 e. The highest BCUT2D eigenvalue weighted by Gasteiger charge is 2.34. The molecule has 0 radical (unpaired) electrons. The molecule has 0 amide bonds. The van der Waals surface area contributed by atoms with E-state index in [4.69, 9.17) is 5.73 Å². The Labute approximate surface area is 127 Å². The van der Waals surface area contributed by atoms with Crippen LogP contribution < -0.4 is 5.73 Å². The van der Waals surface area contributed by atoms with E-state index in [-0.39, 0.29) is 5.54 Å². The molecule has 5 heteroatoms. The van der Waals surface area contributed by atoms with Crippen molar-refractivity contribution in [3.63, 3.8) is 0 Å². The fourth-order valence-electron chi connectivity index (χ4n) is 2.78.